The lowest BCUT2D eigenvalue weighted by Gasteiger charge is -2.39. The van der Waals surface area contributed by atoms with Crippen LogP contribution < -0.4 is 9.47 Å². The molecule has 4 rings (SSSR count). The molecular weight excluding hydrogens is 608 g/mol. The molecule has 0 bridgehead atoms. The Morgan fingerprint density at radius 1 is 0.500 bits per heavy atom. The smallest absolute Gasteiger partial charge is 0.186 e. The van der Waals surface area contributed by atoms with Crippen molar-refractivity contribution >= 4 is 12.2 Å². The molecule has 2 saturated heterocycles. The third-order valence-corrected chi connectivity index (χ3v) is 7.41. The molecule has 46 heavy (non-hydrogen) atoms. The number of hydrogen-bond acceptors (Lipinski definition) is 14. The minimum absolute atomic E-state index is 0.0439. The second-order valence-electron chi connectivity index (χ2n) is 10.7. The van der Waals surface area contributed by atoms with Gasteiger partial charge in [-0.15, -0.1) is 0 Å². The predicted molar refractivity (Wildman–Crippen MR) is 161 cm³/mol. The van der Waals surface area contributed by atoms with Crippen molar-refractivity contribution in [2.24, 2.45) is 0 Å². The van der Waals surface area contributed by atoms with Crippen molar-refractivity contribution in [2.45, 2.75) is 61.4 Å². The molecular formula is C32H42O14. The van der Waals surface area contributed by atoms with Crippen LogP contribution >= 0.6 is 0 Å². The lowest BCUT2D eigenvalue weighted by Crippen LogP contribution is -2.59. The lowest BCUT2D eigenvalue weighted by atomic mass is 9.99. The molecule has 0 spiro atoms. The van der Waals surface area contributed by atoms with E-state index in [9.17, 15) is 40.9 Å². The highest BCUT2D eigenvalue weighted by atomic mass is 16.7. The Labute approximate surface area is 265 Å². The molecule has 0 aliphatic carbocycles. The third kappa shape index (κ3) is 9.78. The average Bonchev–Trinajstić information content (AvgIpc) is 3.07. The number of benzene rings is 2. The first-order chi connectivity index (χ1) is 22.2. The quantitative estimate of drug-likeness (QED) is 0.0840. The van der Waals surface area contributed by atoms with Crippen LogP contribution in [0.5, 0.6) is 11.5 Å². The molecule has 0 aromatic heterocycles. The summed E-state index contributed by atoms with van der Waals surface area (Å²) < 4.78 is 32.7. The van der Waals surface area contributed by atoms with E-state index < -0.39 is 74.6 Å². The van der Waals surface area contributed by atoms with Crippen LogP contribution in [0.15, 0.2) is 60.7 Å². The maximum absolute atomic E-state index is 10.0. The number of allylic oxidation sites excluding steroid dienone is 2. The van der Waals surface area contributed by atoms with Crippen LogP contribution in [0.3, 0.4) is 0 Å². The summed E-state index contributed by atoms with van der Waals surface area (Å²) in [4.78, 5) is 0. The van der Waals surface area contributed by atoms with Gasteiger partial charge in [-0.2, -0.15) is 0 Å². The summed E-state index contributed by atoms with van der Waals surface area (Å²) in [6.07, 6.45) is -5.62. The van der Waals surface area contributed by atoms with Gasteiger partial charge in [-0.05, 0) is 35.4 Å². The Morgan fingerprint density at radius 3 is 1.22 bits per heavy atom. The van der Waals surface area contributed by atoms with Gasteiger partial charge in [0.1, 0.15) is 73.5 Å². The number of aliphatic hydroxyl groups excluding tert-OH is 8. The van der Waals surface area contributed by atoms with Crippen LogP contribution in [0.4, 0.5) is 0 Å². The Balaban J connectivity index is 1.12. The Kier molecular flexibility index (Phi) is 13.9. The van der Waals surface area contributed by atoms with Gasteiger partial charge in [0.2, 0.25) is 0 Å². The number of aliphatic hydroxyl groups is 8. The zero-order valence-electron chi connectivity index (χ0n) is 25.0. The maximum Gasteiger partial charge on any atom is 0.186 e. The fourth-order valence-corrected chi connectivity index (χ4v) is 4.74. The van der Waals surface area contributed by atoms with Gasteiger partial charge in [-0.25, -0.2) is 0 Å². The fraction of sp³-hybridized carbons (Fsp3) is 0.500. The molecule has 0 unspecified atom stereocenters. The number of hydrogen-bond donors (Lipinski definition) is 8. The number of rotatable bonds is 15. The van der Waals surface area contributed by atoms with Crippen molar-refractivity contribution < 1.29 is 69.3 Å². The van der Waals surface area contributed by atoms with E-state index in [1.54, 1.807) is 24.3 Å². The highest BCUT2D eigenvalue weighted by molar-refractivity contribution is 5.58. The van der Waals surface area contributed by atoms with Crippen molar-refractivity contribution in [1.82, 2.24) is 0 Å². The first-order valence-corrected chi connectivity index (χ1v) is 14.9. The summed E-state index contributed by atoms with van der Waals surface area (Å²) in [6.45, 7) is -0.676. The summed E-state index contributed by atoms with van der Waals surface area (Å²) in [5, 5.41) is 77.8. The van der Waals surface area contributed by atoms with Crippen molar-refractivity contribution in [2.75, 3.05) is 39.6 Å². The van der Waals surface area contributed by atoms with Crippen LogP contribution in [-0.4, -0.2) is 142 Å². The zero-order chi connectivity index (χ0) is 33.1. The van der Waals surface area contributed by atoms with Gasteiger partial charge in [-0.1, -0.05) is 48.6 Å². The Bertz CT molecular complexity index is 1120. The Morgan fingerprint density at radius 2 is 0.870 bits per heavy atom. The van der Waals surface area contributed by atoms with E-state index in [0.29, 0.717) is 11.5 Å². The van der Waals surface area contributed by atoms with E-state index in [0.717, 1.165) is 11.1 Å². The summed E-state index contributed by atoms with van der Waals surface area (Å²) in [5.41, 5.74) is 1.90. The highest BCUT2D eigenvalue weighted by Gasteiger charge is 2.45. The molecule has 14 nitrogen and oxygen atoms in total. The third-order valence-electron chi connectivity index (χ3n) is 7.41. The van der Waals surface area contributed by atoms with Gasteiger partial charge >= 0.3 is 0 Å². The molecule has 8 N–H and O–H groups in total. The first-order valence-electron chi connectivity index (χ1n) is 14.9. The standard InChI is InChI=1S/C32H42O14/c33-17-23-25(35)27(37)29(39)31(45-23)43-15-13-41-21-9-5-19(6-10-21)3-1-2-4-20-7-11-22(12-8-20)42-14-16-44-32-30(40)28(38)26(36)24(18-34)46-32/h1-12,23-40H,13-18H2/b3-1+,4-2+/t23-,24-,25-,26-,27+,28+,29-,30-,31-,32-/m1/s1. The van der Waals surface area contributed by atoms with Crippen molar-refractivity contribution in [1.29, 1.82) is 0 Å². The zero-order valence-corrected chi connectivity index (χ0v) is 25.0. The predicted octanol–water partition coefficient (Wildman–Crippen LogP) is -1.20. The second kappa shape index (κ2) is 17.8. The molecule has 254 valence electrons. The van der Waals surface area contributed by atoms with Crippen LogP contribution in [0.1, 0.15) is 11.1 Å². The molecule has 2 fully saturated rings. The van der Waals surface area contributed by atoms with E-state index in [1.165, 1.54) is 0 Å². The summed E-state index contributed by atoms with van der Waals surface area (Å²) in [7, 11) is 0. The molecule has 14 heteroatoms. The first kappa shape index (κ1) is 35.9. The molecule has 0 radical (unpaired) electrons. The van der Waals surface area contributed by atoms with E-state index in [4.69, 9.17) is 28.4 Å². The second-order valence-corrected chi connectivity index (χ2v) is 10.7. The van der Waals surface area contributed by atoms with E-state index in [1.807, 2.05) is 48.6 Å². The lowest BCUT2D eigenvalue weighted by molar-refractivity contribution is -0.301. The van der Waals surface area contributed by atoms with Gasteiger partial charge in [0.25, 0.3) is 0 Å². The van der Waals surface area contributed by atoms with Gasteiger partial charge in [0.05, 0.1) is 26.4 Å². The SMILES string of the molecule is OC[C@H]1O[C@@H](OCCOc2ccc(/C=C/C=C/c3ccc(OCCO[C@@H]4O[C@H](CO)[C@@H](O)[C@H](O)[C@H]4O)cc3)cc2)[C@H](O)[C@@H](O)[C@@H]1O. The van der Waals surface area contributed by atoms with Crippen molar-refractivity contribution in [3.63, 3.8) is 0 Å². The molecule has 2 aromatic rings. The van der Waals surface area contributed by atoms with Crippen LogP contribution in [-0.2, 0) is 18.9 Å². The summed E-state index contributed by atoms with van der Waals surface area (Å²) >= 11 is 0. The molecule has 2 aromatic carbocycles. The van der Waals surface area contributed by atoms with Crippen molar-refractivity contribution in [3.05, 3.63) is 71.8 Å². The fourth-order valence-electron chi connectivity index (χ4n) is 4.74. The molecule has 2 heterocycles. The summed E-state index contributed by atoms with van der Waals surface area (Å²) in [5.74, 6) is 1.21. The molecule has 0 amide bonds. The number of ether oxygens (including phenoxy) is 6. The van der Waals surface area contributed by atoms with E-state index >= 15 is 0 Å². The van der Waals surface area contributed by atoms with Gasteiger partial charge in [0.15, 0.2) is 12.6 Å². The van der Waals surface area contributed by atoms with Gasteiger partial charge in [0, 0.05) is 0 Å². The minimum Gasteiger partial charge on any atom is -0.491 e. The van der Waals surface area contributed by atoms with Crippen molar-refractivity contribution in [3.8, 4) is 11.5 Å². The molecule has 2 aliphatic rings. The molecule has 10 atom stereocenters. The monoisotopic (exact) mass is 650 g/mol. The van der Waals surface area contributed by atoms with Gasteiger partial charge in [-0.3, -0.25) is 0 Å². The normalized spacial score (nSPS) is 31.8. The highest BCUT2D eigenvalue weighted by Crippen LogP contribution is 2.23. The van der Waals surface area contributed by atoms with Crippen LogP contribution in [0.2, 0.25) is 0 Å². The van der Waals surface area contributed by atoms with Gasteiger partial charge < -0.3 is 69.3 Å². The maximum atomic E-state index is 10.0. The summed E-state index contributed by atoms with van der Waals surface area (Å²) in [6, 6.07) is 14.7. The topological polar surface area (TPSA) is 217 Å². The molecule has 2 aliphatic heterocycles. The average molecular weight is 651 g/mol. The van der Waals surface area contributed by atoms with Crippen LogP contribution in [0, 0.1) is 0 Å². The molecule has 0 saturated carbocycles. The van der Waals surface area contributed by atoms with E-state index in [2.05, 4.69) is 0 Å². The largest absolute Gasteiger partial charge is 0.491 e. The Hall–Kier alpha value is -2.96. The van der Waals surface area contributed by atoms with Crippen LogP contribution in [0.25, 0.3) is 12.2 Å². The minimum atomic E-state index is -1.50. The van der Waals surface area contributed by atoms with E-state index in [-0.39, 0.29) is 26.4 Å².